The van der Waals surface area contributed by atoms with Crippen molar-refractivity contribution in [1.29, 1.82) is 0 Å². The lowest BCUT2D eigenvalue weighted by Gasteiger charge is -2.20. The molecule has 0 saturated carbocycles. The van der Waals surface area contributed by atoms with E-state index >= 15 is 0 Å². The Labute approximate surface area is 527 Å². The number of epoxide rings is 2. The van der Waals surface area contributed by atoms with E-state index in [0.29, 0.717) is 51.5 Å². The summed E-state index contributed by atoms with van der Waals surface area (Å²) in [5.41, 5.74) is 3.18. The number of hydrogen-bond acceptors (Lipinski definition) is 12. The number of carbonyl (C=O) groups is 4. The SMILES string of the molecule is C.C.C.C.C.C.C.C.C.C.C.C.CCC(C)(C)C(=O)OC.CCC(C)(C)C(=O)OCC1CO1.CCC(C)(C)C(=O)OCCOC.CCC(C)(C)C(=O)OCCOCC1CO1.CCC(C)c1ccc(C(C)(C)C)cc1.CCC(C)c1ccccc1. The first-order valence-electron chi connectivity index (χ1n) is 26.6. The molecule has 2 saturated heterocycles. The van der Waals surface area contributed by atoms with E-state index in [4.69, 9.17) is 33.2 Å². The smallest absolute Gasteiger partial charge is 0.311 e. The van der Waals surface area contributed by atoms with E-state index in [1.165, 1.54) is 36.6 Å². The van der Waals surface area contributed by atoms with Crippen LogP contribution in [0.25, 0.3) is 0 Å². The van der Waals surface area contributed by atoms with E-state index in [2.05, 4.69) is 108 Å². The number of hydrogen-bond donors (Lipinski definition) is 0. The second-order valence-electron chi connectivity index (χ2n) is 22.2. The minimum atomic E-state index is -0.389. The monoisotopic (exact) mass is 1210 g/mol. The average Bonchev–Trinajstić information content (AvgIpc) is 4.33. The van der Waals surface area contributed by atoms with Gasteiger partial charge in [-0.05, 0) is 128 Å². The maximum Gasteiger partial charge on any atom is 0.311 e. The molecule has 0 spiro atoms. The standard InChI is InChI=1S/C14H22.C11H20O4.C10H14.C9H16O3.C9H18O3.C7H14O2.12CH4/c1-6-11(2)12-7-9-13(10-8-12)14(3,4)5;1-4-11(2,3)10(12)14-6-5-13-7-9-8-15-9;1-3-9(2)10-7-5-4-6-8-10;1-4-9(2,3)8(10)12-6-7-5-11-7;1-5-9(2,3)8(10)12-7-6-11-4;1-5-7(2,3)6(8)9-4;;;;;;;;;;;;/h7-11H,6H2,1-5H3;9H,4-8H2,1-3H3;4-9H,3H2,1-2H3;7H,4-6H2,1-3H3;5-7H2,1-4H3;5H2,1-4H3;12*1H4. The third kappa shape index (κ3) is 52.5. The van der Waals surface area contributed by atoms with Crippen LogP contribution in [0.3, 0.4) is 0 Å². The van der Waals surface area contributed by atoms with Crippen molar-refractivity contribution >= 4 is 23.9 Å². The van der Waals surface area contributed by atoms with Gasteiger partial charge >= 0.3 is 23.9 Å². The highest BCUT2D eigenvalue weighted by molar-refractivity contribution is 5.77. The number of benzene rings is 2. The topological polar surface area (TPSA) is 149 Å². The van der Waals surface area contributed by atoms with Crippen LogP contribution in [0.1, 0.15) is 288 Å². The highest BCUT2D eigenvalue weighted by Gasteiger charge is 2.31. The predicted molar refractivity (Wildman–Crippen MR) is 373 cm³/mol. The van der Waals surface area contributed by atoms with Crippen LogP contribution in [-0.4, -0.2) is 103 Å². The molecule has 4 unspecified atom stereocenters. The lowest BCUT2D eigenvalue weighted by atomic mass is 9.85. The van der Waals surface area contributed by atoms with Crippen LogP contribution in [0.15, 0.2) is 54.6 Å². The normalized spacial score (nSPS) is 13.4. The van der Waals surface area contributed by atoms with E-state index in [0.717, 1.165) is 38.9 Å². The fourth-order valence-electron chi connectivity index (χ4n) is 5.13. The van der Waals surface area contributed by atoms with Gasteiger partial charge in [0.05, 0.1) is 61.8 Å². The van der Waals surface area contributed by atoms with Crippen LogP contribution in [-0.2, 0) is 62.5 Å². The third-order valence-corrected chi connectivity index (χ3v) is 13.4. The molecule has 84 heavy (non-hydrogen) atoms. The average molecular weight is 1210 g/mol. The summed E-state index contributed by atoms with van der Waals surface area (Å²) >= 11 is 0. The first-order valence-corrected chi connectivity index (χ1v) is 26.6. The molecule has 2 aliphatic rings. The van der Waals surface area contributed by atoms with E-state index < -0.39 is 0 Å². The van der Waals surface area contributed by atoms with Gasteiger partial charge < -0.3 is 37.9 Å². The van der Waals surface area contributed by atoms with Crippen LogP contribution < -0.4 is 0 Å². The highest BCUT2D eigenvalue weighted by atomic mass is 16.6. The van der Waals surface area contributed by atoms with Crippen molar-refractivity contribution in [2.24, 2.45) is 21.7 Å². The van der Waals surface area contributed by atoms with Crippen LogP contribution >= 0.6 is 0 Å². The van der Waals surface area contributed by atoms with E-state index in [1.54, 1.807) is 7.11 Å². The zero-order chi connectivity index (χ0) is 55.8. The Morgan fingerprint density at radius 3 is 1.04 bits per heavy atom. The first kappa shape index (κ1) is 115. The van der Waals surface area contributed by atoms with Crippen molar-refractivity contribution in [3.05, 3.63) is 71.3 Å². The van der Waals surface area contributed by atoms with Crippen LogP contribution in [0.4, 0.5) is 0 Å². The first-order chi connectivity index (χ1) is 33.5. The molecule has 12 nitrogen and oxygen atoms in total. The molecule has 2 aliphatic heterocycles. The summed E-state index contributed by atoms with van der Waals surface area (Å²) < 4.78 is 39.6. The quantitative estimate of drug-likeness (QED) is 0.0478. The minimum Gasteiger partial charge on any atom is -0.469 e. The minimum absolute atomic E-state index is 0. The van der Waals surface area contributed by atoms with E-state index in [-0.39, 0.29) is 152 Å². The van der Waals surface area contributed by atoms with Crippen LogP contribution in [0.5, 0.6) is 0 Å². The molecule has 4 rings (SSSR count). The second-order valence-corrected chi connectivity index (χ2v) is 22.2. The van der Waals surface area contributed by atoms with Crippen molar-refractivity contribution in [2.75, 3.05) is 67.1 Å². The molecule has 4 atom stereocenters. The van der Waals surface area contributed by atoms with Gasteiger partial charge in [-0.1, -0.05) is 220 Å². The Bertz CT molecular complexity index is 1740. The molecule has 0 N–H and O–H groups in total. The van der Waals surface area contributed by atoms with Gasteiger partial charge in [-0.3, -0.25) is 19.2 Å². The van der Waals surface area contributed by atoms with Gasteiger partial charge in [0, 0.05) is 7.11 Å². The zero-order valence-corrected chi connectivity index (χ0v) is 49.3. The van der Waals surface area contributed by atoms with Gasteiger partial charge in [-0.15, -0.1) is 0 Å². The van der Waals surface area contributed by atoms with Gasteiger partial charge in [0.25, 0.3) is 0 Å². The van der Waals surface area contributed by atoms with Crippen LogP contribution in [0, 0.1) is 21.7 Å². The molecule has 0 radical (unpaired) electrons. The molecule has 12 heteroatoms. The fraction of sp³-hybridized carbons (Fsp3) is 0.778. The number of methoxy groups -OCH3 is 2. The summed E-state index contributed by atoms with van der Waals surface area (Å²) in [4.78, 5) is 45.0. The zero-order valence-electron chi connectivity index (χ0n) is 49.3. The molecule has 0 amide bonds. The Balaban J connectivity index is -0.0000000571. The Hall–Kier alpha value is -3.84. The van der Waals surface area contributed by atoms with E-state index in [1.807, 2.05) is 83.1 Å². The molecule has 2 fully saturated rings. The molecule has 2 aromatic rings. The maximum absolute atomic E-state index is 11.5. The van der Waals surface area contributed by atoms with Crippen molar-refractivity contribution in [1.82, 2.24) is 0 Å². The number of esters is 4. The molecule has 2 aromatic carbocycles. The Morgan fingerprint density at radius 2 is 0.750 bits per heavy atom. The fourth-order valence-corrected chi connectivity index (χ4v) is 5.13. The van der Waals surface area contributed by atoms with Gasteiger partial charge in [0.15, 0.2) is 0 Å². The van der Waals surface area contributed by atoms with E-state index in [9.17, 15) is 19.2 Å². The lowest BCUT2D eigenvalue weighted by Crippen LogP contribution is -2.27. The largest absolute Gasteiger partial charge is 0.469 e. The molecule has 2 heterocycles. The van der Waals surface area contributed by atoms with Gasteiger partial charge in [-0.2, -0.15) is 0 Å². The van der Waals surface area contributed by atoms with Crippen molar-refractivity contribution in [3.8, 4) is 0 Å². The Morgan fingerprint density at radius 1 is 0.440 bits per heavy atom. The van der Waals surface area contributed by atoms with Crippen molar-refractivity contribution in [2.45, 2.75) is 289 Å². The Kier molecular flexibility index (Phi) is 81.3. The van der Waals surface area contributed by atoms with Crippen molar-refractivity contribution < 1.29 is 57.1 Å². The highest BCUT2D eigenvalue weighted by Crippen LogP contribution is 2.27. The summed E-state index contributed by atoms with van der Waals surface area (Å²) in [6.07, 6.45) is 6.08. The predicted octanol–water partition coefficient (Wildman–Crippen LogP) is 21.3. The molecular weight excluding hydrogens is 1060 g/mol. The van der Waals surface area contributed by atoms with Gasteiger partial charge in [0.1, 0.15) is 32.0 Å². The molecule has 512 valence electrons. The maximum atomic E-state index is 11.5. The van der Waals surface area contributed by atoms with Crippen LogP contribution in [0.2, 0.25) is 0 Å². The summed E-state index contributed by atoms with van der Waals surface area (Å²) in [5, 5.41) is 0. The number of rotatable bonds is 22. The molecular formula is C72H152O12. The van der Waals surface area contributed by atoms with Gasteiger partial charge in [0.2, 0.25) is 0 Å². The third-order valence-electron chi connectivity index (χ3n) is 13.4. The summed E-state index contributed by atoms with van der Waals surface area (Å²) in [6, 6.07) is 19.7. The summed E-state index contributed by atoms with van der Waals surface area (Å²) in [7, 11) is 3.00. The molecule has 0 bridgehead atoms. The summed E-state index contributed by atoms with van der Waals surface area (Å²) in [5.74, 6) is 0.828. The van der Waals surface area contributed by atoms with Crippen molar-refractivity contribution in [3.63, 3.8) is 0 Å². The molecule has 0 aromatic heterocycles. The second kappa shape index (κ2) is 59.5. The number of ether oxygens (including phenoxy) is 8. The number of carbonyl (C=O) groups excluding carboxylic acids is 4. The van der Waals surface area contributed by atoms with Gasteiger partial charge in [-0.25, -0.2) is 0 Å². The lowest BCUT2D eigenvalue weighted by molar-refractivity contribution is -0.156. The summed E-state index contributed by atoms with van der Waals surface area (Å²) in [6.45, 7) is 42.9. The molecule has 0 aliphatic carbocycles.